The van der Waals surface area contributed by atoms with Crippen LogP contribution in [0.5, 0.6) is 0 Å². The van der Waals surface area contributed by atoms with Crippen molar-refractivity contribution in [1.82, 2.24) is 5.32 Å². The van der Waals surface area contributed by atoms with Crippen molar-refractivity contribution in [3.05, 3.63) is 39.4 Å². The molecule has 1 N–H and O–H groups in total. The van der Waals surface area contributed by atoms with Gasteiger partial charge in [-0.05, 0) is 26.8 Å². The highest BCUT2D eigenvalue weighted by molar-refractivity contribution is 5.95. The van der Waals surface area contributed by atoms with Crippen LogP contribution in [-0.2, 0) is 9.53 Å². The molecule has 114 valence electrons. The molecule has 1 aromatic rings. The molecule has 0 unspecified atom stereocenters. The van der Waals surface area contributed by atoms with E-state index in [-0.39, 0.29) is 30.3 Å². The zero-order valence-electron chi connectivity index (χ0n) is 12.2. The predicted molar refractivity (Wildman–Crippen MR) is 76.0 cm³/mol. The number of carbonyl (C=O) groups excluding carboxylic acids is 2. The lowest BCUT2D eigenvalue weighted by molar-refractivity contribution is -0.385. The van der Waals surface area contributed by atoms with Crippen molar-refractivity contribution < 1.29 is 19.2 Å². The van der Waals surface area contributed by atoms with E-state index in [0.717, 1.165) is 0 Å². The highest BCUT2D eigenvalue weighted by Crippen LogP contribution is 2.19. The van der Waals surface area contributed by atoms with Gasteiger partial charge in [-0.15, -0.1) is 0 Å². The van der Waals surface area contributed by atoms with Crippen molar-refractivity contribution in [3.8, 4) is 0 Å². The maximum Gasteiger partial charge on any atom is 0.307 e. The van der Waals surface area contributed by atoms with E-state index in [9.17, 15) is 19.7 Å². The summed E-state index contributed by atoms with van der Waals surface area (Å²) in [4.78, 5) is 33.4. The third-order valence-corrected chi connectivity index (χ3v) is 2.65. The van der Waals surface area contributed by atoms with Crippen molar-refractivity contribution >= 4 is 17.6 Å². The summed E-state index contributed by atoms with van der Waals surface area (Å²) in [6.45, 7) is 5.19. The topological polar surface area (TPSA) is 98.5 Å². The van der Waals surface area contributed by atoms with Gasteiger partial charge >= 0.3 is 5.97 Å². The number of nitro groups is 1. The quantitative estimate of drug-likeness (QED) is 0.491. The molecule has 0 spiro atoms. The Balaban J connectivity index is 2.58. The summed E-state index contributed by atoms with van der Waals surface area (Å²) < 4.78 is 4.92. The fourth-order valence-corrected chi connectivity index (χ4v) is 1.65. The van der Waals surface area contributed by atoms with E-state index in [1.54, 1.807) is 20.8 Å². The maximum absolute atomic E-state index is 11.8. The Hall–Kier alpha value is -2.44. The number of nitrogens with zero attached hydrogens (tertiary/aromatic N) is 1. The predicted octanol–water partition coefficient (Wildman–Crippen LogP) is 1.97. The minimum Gasteiger partial charge on any atom is -0.463 e. The van der Waals surface area contributed by atoms with Crippen LogP contribution in [0.1, 0.15) is 36.2 Å². The number of nitro benzene ring substituents is 1. The second kappa shape index (κ2) is 7.37. The highest BCUT2D eigenvalue weighted by atomic mass is 16.6. The van der Waals surface area contributed by atoms with E-state index in [0.29, 0.717) is 5.56 Å². The van der Waals surface area contributed by atoms with Gasteiger partial charge in [-0.2, -0.15) is 0 Å². The fraction of sp³-hybridized carbons (Fsp3) is 0.429. The molecule has 21 heavy (non-hydrogen) atoms. The molecule has 0 heterocycles. The number of benzene rings is 1. The van der Waals surface area contributed by atoms with Gasteiger partial charge in [0, 0.05) is 23.7 Å². The van der Waals surface area contributed by atoms with Crippen molar-refractivity contribution in [3.63, 3.8) is 0 Å². The van der Waals surface area contributed by atoms with Gasteiger partial charge in [0.25, 0.3) is 11.6 Å². The standard InChI is InChI=1S/C14H18N2O5/c1-9(2)21-13(17)6-7-15-14(18)11-5-4-10(3)12(8-11)16(19)20/h4-5,8-9H,6-7H2,1-3H3,(H,15,18). The summed E-state index contributed by atoms with van der Waals surface area (Å²) >= 11 is 0. The van der Waals surface area contributed by atoms with Crippen LogP contribution in [0, 0.1) is 17.0 Å². The number of rotatable bonds is 6. The average Bonchev–Trinajstić information content (AvgIpc) is 2.37. The van der Waals surface area contributed by atoms with Gasteiger partial charge in [0.05, 0.1) is 17.4 Å². The van der Waals surface area contributed by atoms with E-state index in [1.165, 1.54) is 18.2 Å². The first-order valence-corrected chi connectivity index (χ1v) is 6.54. The Kier molecular flexibility index (Phi) is 5.83. The molecule has 7 nitrogen and oxygen atoms in total. The number of ether oxygens (including phenoxy) is 1. The highest BCUT2D eigenvalue weighted by Gasteiger charge is 2.15. The first-order valence-electron chi connectivity index (χ1n) is 6.54. The number of hydrogen-bond acceptors (Lipinski definition) is 5. The molecule has 0 saturated heterocycles. The second-order valence-corrected chi connectivity index (χ2v) is 4.80. The zero-order valence-corrected chi connectivity index (χ0v) is 12.2. The summed E-state index contributed by atoms with van der Waals surface area (Å²) in [7, 11) is 0. The van der Waals surface area contributed by atoms with E-state index in [4.69, 9.17) is 4.74 Å². The summed E-state index contributed by atoms with van der Waals surface area (Å²) in [5.74, 6) is -0.865. The van der Waals surface area contributed by atoms with E-state index >= 15 is 0 Å². The van der Waals surface area contributed by atoms with E-state index in [1.807, 2.05) is 0 Å². The number of esters is 1. The van der Waals surface area contributed by atoms with Crippen LogP contribution in [0.3, 0.4) is 0 Å². The van der Waals surface area contributed by atoms with Gasteiger partial charge < -0.3 is 10.1 Å². The van der Waals surface area contributed by atoms with Crippen molar-refractivity contribution in [2.75, 3.05) is 6.54 Å². The van der Waals surface area contributed by atoms with Crippen LogP contribution >= 0.6 is 0 Å². The van der Waals surface area contributed by atoms with Gasteiger partial charge in [0.2, 0.25) is 0 Å². The fourth-order valence-electron chi connectivity index (χ4n) is 1.65. The number of carbonyl (C=O) groups is 2. The Morgan fingerprint density at radius 3 is 2.62 bits per heavy atom. The van der Waals surface area contributed by atoms with Crippen molar-refractivity contribution in [2.24, 2.45) is 0 Å². The summed E-state index contributed by atoms with van der Waals surface area (Å²) in [6.07, 6.45) is -0.148. The number of aryl methyl sites for hydroxylation is 1. The first-order chi connectivity index (χ1) is 9.81. The van der Waals surface area contributed by atoms with Crippen LogP contribution < -0.4 is 5.32 Å². The van der Waals surface area contributed by atoms with Gasteiger partial charge in [-0.1, -0.05) is 6.07 Å². The third-order valence-electron chi connectivity index (χ3n) is 2.65. The Morgan fingerprint density at radius 2 is 2.05 bits per heavy atom. The summed E-state index contributed by atoms with van der Waals surface area (Å²) in [6, 6.07) is 4.24. The minimum atomic E-state index is -0.536. The molecular formula is C14H18N2O5. The molecule has 0 bridgehead atoms. The lowest BCUT2D eigenvalue weighted by atomic mass is 10.1. The van der Waals surface area contributed by atoms with Crippen LogP contribution in [0.15, 0.2) is 18.2 Å². The van der Waals surface area contributed by atoms with E-state index < -0.39 is 16.8 Å². The lowest BCUT2D eigenvalue weighted by Crippen LogP contribution is -2.27. The van der Waals surface area contributed by atoms with Gasteiger partial charge in [0.1, 0.15) is 0 Å². The number of amides is 1. The molecular weight excluding hydrogens is 276 g/mol. The molecule has 0 saturated carbocycles. The van der Waals surface area contributed by atoms with Crippen molar-refractivity contribution in [1.29, 1.82) is 0 Å². The molecule has 0 aliphatic carbocycles. The zero-order chi connectivity index (χ0) is 16.0. The molecule has 1 aromatic carbocycles. The second-order valence-electron chi connectivity index (χ2n) is 4.80. The number of hydrogen-bond donors (Lipinski definition) is 1. The minimum absolute atomic E-state index is 0.0534. The monoisotopic (exact) mass is 294 g/mol. The molecule has 0 aromatic heterocycles. The molecule has 0 atom stereocenters. The van der Waals surface area contributed by atoms with Gasteiger partial charge in [-0.25, -0.2) is 0 Å². The van der Waals surface area contributed by atoms with Gasteiger partial charge in [-0.3, -0.25) is 19.7 Å². The Bertz CT molecular complexity index is 554. The molecule has 1 rings (SSSR count). The first kappa shape index (κ1) is 16.6. The number of nitrogens with one attached hydrogen (secondary N) is 1. The Morgan fingerprint density at radius 1 is 1.38 bits per heavy atom. The molecule has 0 radical (unpaired) electrons. The van der Waals surface area contributed by atoms with Crippen LogP contribution in [-0.4, -0.2) is 29.4 Å². The molecule has 7 heteroatoms. The Labute approximate surface area is 122 Å². The van der Waals surface area contributed by atoms with Gasteiger partial charge in [0.15, 0.2) is 0 Å². The summed E-state index contributed by atoms with van der Waals surface area (Å²) in [5.41, 5.74) is 0.559. The normalized spacial score (nSPS) is 10.3. The summed E-state index contributed by atoms with van der Waals surface area (Å²) in [5, 5.41) is 13.3. The largest absolute Gasteiger partial charge is 0.463 e. The lowest BCUT2D eigenvalue weighted by Gasteiger charge is -2.08. The molecule has 1 amide bonds. The molecule has 0 aliphatic heterocycles. The molecule has 0 fully saturated rings. The van der Waals surface area contributed by atoms with Crippen LogP contribution in [0.2, 0.25) is 0 Å². The van der Waals surface area contributed by atoms with Crippen LogP contribution in [0.25, 0.3) is 0 Å². The smallest absolute Gasteiger partial charge is 0.307 e. The van der Waals surface area contributed by atoms with Crippen molar-refractivity contribution in [2.45, 2.75) is 33.3 Å². The molecule has 0 aliphatic rings. The third kappa shape index (κ3) is 5.21. The average molecular weight is 294 g/mol. The maximum atomic E-state index is 11.8. The van der Waals surface area contributed by atoms with Crippen LogP contribution in [0.4, 0.5) is 5.69 Å². The SMILES string of the molecule is Cc1ccc(C(=O)NCCC(=O)OC(C)C)cc1[N+](=O)[O-]. The van der Waals surface area contributed by atoms with E-state index in [2.05, 4.69) is 5.32 Å².